The zero-order chi connectivity index (χ0) is 20.5. The van der Waals surface area contributed by atoms with Crippen LogP contribution in [-0.2, 0) is 12.4 Å². The molecule has 0 N–H and O–H groups in total. The molecule has 3 aromatic rings. The fourth-order valence-electron chi connectivity index (χ4n) is 2.53. The molecule has 146 valence electrons. The topological polar surface area (TPSA) is 12.9 Å². The first-order valence-corrected chi connectivity index (χ1v) is 9.55. The van der Waals surface area contributed by atoms with Crippen molar-refractivity contribution in [2.75, 3.05) is 0 Å². The number of hydrogen-bond acceptors (Lipinski definition) is 1. The van der Waals surface area contributed by atoms with Crippen molar-refractivity contribution in [2.24, 2.45) is 0 Å². The summed E-state index contributed by atoms with van der Waals surface area (Å²) in [5, 5.41) is 1.21. The zero-order valence-corrected chi connectivity index (χ0v) is 15.5. The average Bonchev–Trinajstić information content (AvgIpc) is 2.61. The molecule has 1 nitrogen and oxygen atoms in total. The van der Waals surface area contributed by atoms with E-state index in [2.05, 4.69) is 4.98 Å². The van der Waals surface area contributed by atoms with Gasteiger partial charge < -0.3 is 0 Å². The van der Waals surface area contributed by atoms with Gasteiger partial charge in [-0.3, -0.25) is 0 Å². The number of alkyl halides is 6. The van der Waals surface area contributed by atoms with Gasteiger partial charge in [0.15, 0.2) is 0 Å². The van der Waals surface area contributed by atoms with Crippen molar-refractivity contribution in [1.82, 2.24) is 4.98 Å². The van der Waals surface area contributed by atoms with E-state index in [9.17, 15) is 26.3 Å². The van der Waals surface area contributed by atoms with Crippen molar-refractivity contribution >= 4 is 35.6 Å². The molecule has 0 atom stereocenters. The molecule has 0 radical (unpaired) electrons. The van der Waals surface area contributed by atoms with Crippen LogP contribution >= 0.6 is 19.5 Å². The van der Waals surface area contributed by atoms with E-state index in [1.165, 1.54) is 30.3 Å². The maximum absolute atomic E-state index is 12.8. The lowest BCUT2D eigenvalue weighted by Gasteiger charge is -2.19. The van der Waals surface area contributed by atoms with Crippen LogP contribution in [0.2, 0.25) is 5.15 Å². The fourth-order valence-corrected chi connectivity index (χ4v) is 4.92. The molecule has 0 saturated heterocycles. The van der Waals surface area contributed by atoms with Crippen LogP contribution in [0.15, 0.2) is 66.7 Å². The van der Waals surface area contributed by atoms with Crippen LogP contribution < -0.4 is 16.0 Å². The Labute approximate surface area is 162 Å². The number of aromatic nitrogens is 1. The number of benzene rings is 2. The van der Waals surface area contributed by atoms with E-state index in [1.807, 2.05) is 0 Å². The van der Waals surface area contributed by atoms with E-state index in [1.54, 1.807) is 12.1 Å². The van der Waals surface area contributed by atoms with Crippen LogP contribution in [0.3, 0.4) is 0 Å². The Kier molecular flexibility index (Phi) is 5.69. The van der Waals surface area contributed by atoms with E-state index in [-0.39, 0.29) is 5.15 Å². The third kappa shape index (κ3) is 4.65. The molecule has 1 aromatic heterocycles. The van der Waals surface area contributed by atoms with Crippen LogP contribution in [0.4, 0.5) is 26.3 Å². The molecule has 3 rings (SSSR count). The molecule has 0 saturated carbocycles. The molecule has 0 aliphatic heterocycles. The highest BCUT2D eigenvalue weighted by Crippen LogP contribution is 2.36. The Morgan fingerprint density at radius 2 is 1.07 bits per heavy atom. The van der Waals surface area contributed by atoms with Gasteiger partial charge in [0.05, 0.1) is 16.6 Å². The van der Waals surface area contributed by atoms with Crippen molar-refractivity contribution in [3.05, 3.63) is 83.0 Å². The smallest absolute Gasteiger partial charge is 0.236 e. The second kappa shape index (κ2) is 7.72. The summed E-state index contributed by atoms with van der Waals surface area (Å²) >= 11 is 5.94. The van der Waals surface area contributed by atoms with Crippen molar-refractivity contribution in [2.45, 2.75) is 12.4 Å². The summed E-state index contributed by atoms with van der Waals surface area (Å²) in [7, 11) is -1.49. The molecule has 0 unspecified atom stereocenters. The van der Waals surface area contributed by atoms with Gasteiger partial charge in [-0.05, 0) is 47.0 Å². The zero-order valence-electron chi connectivity index (χ0n) is 13.9. The molecule has 0 aliphatic rings. The van der Waals surface area contributed by atoms with Crippen LogP contribution in [0, 0.1) is 0 Å². The molecule has 28 heavy (non-hydrogen) atoms. The molecule has 9 heteroatoms. The summed E-state index contributed by atoms with van der Waals surface area (Å²) in [6.07, 6.45) is -8.96. The van der Waals surface area contributed by atoms with Gasteiger partial charge in [-0.15, -0.1) is 0 Å². The van der Waals surface area contributed by atoms with Gasteiger partial charge >= 0.3 is 12.4 Å². The first-order valence-electron chi connectivity index (χ1n) is 7.83. The van der Waals surface area contributed by atoms with Gasteiger partial charge in [0.1, 0.15) is 5.15 Å². The number of hydrogen-bond donors (Lipinski definition) is 0. The molecule has 0 fully saturated rings. The lowest BCUT2D eigenvalue weighted by Crippen LogP contribution is -2.23. The first kappa shape index (κ1) is 20.6. The predicted molar refractivity (Wildman–Crippen MR) is 98.0 cm³/mol. The van der Waals surface area contributed by atoms with Crippen LogP contribution in [0.5, 0.6) is 0 Å². The average molecular weight is 434 g/mol. The lowest BCUT2D eigenvalue weighted by molar-refractivity contribution is -0.138. The van der Waals surface area contributed by atoms with E-state index >= 15 is 0 Å². The van der Waals surface area contributed by atoms with E-state index < -0.39 is 31.4 Å². The Bertz CT molecular complexity index is 894. The minimum atomic E-state index is -4.48. The summed E-state index contributed by atoms with van der Waals surface area (Å²) in [6.45, 7) is 0. The maximum atomic E-state index is 12.8. The minimum absolute atomic E-state index is 0.184. The minimum Gasteiger partial charge on any atom is -0.236 e. The molecule has 2 aromatic carbocycles. The molecular formula is C19H11ClF6NP. The number of nitrogens with zero attached hydrogens (tertiary/aromatic N) is 1. The second-order valence-electron chi connectivity index (χ2n) is 5.74. The van der Waals surface area contributed by atoms with Gasteiger partial charge in [0.2, 0.25) is 0 Å². The molecule has 1 heterocycles. The highest BCUT2D eigenvalue weighted by molar-refractivity contribution is 7.79. The maximum Gasteiger partial charge on any atom is 0.416 e. The number of halogens is 7. The third-order valence-electron chi connectivity index (χ3n) is 3.84. The van der Waals surface area contributed by atoms with Crippen LogP contribution in [0.1, 0.15) is 11.1 Å². The molecule has 0 bridgehead atoms. The molecular weight excluding hydrogens is 423 g/mol. The van der Waals surface area contributed by atoms with Gasteiger partial charge in [-0.1, -0.05) is 41.9 Å². The fraction of sp³-hybridized carbons (Fsp3) is 0.105. The number of rotatable bonds is 3. The highest BCUT2D eigenvalue weighted by Gasteiger charge is 2.32. The summed E-state index contributed by atoms with van der Waals surface area (Å²) in [6, 6.07) is 13.9. The summed E-state index contributed by atoms with van der Waals surface area (Å²) in [5.41, 5.74) is -1.14. The number of pyridine rings is 1. The van der Waals surface area contributed by atoms with Gasteiger partial charge in [-0.2, -0.15) is 26.3 Å². The van der Waals surface area contributed by atoms with Crippen molar-refractivity contribution in [3.63, 3.8) is 0 Å². The monoisotopic (exact) mass is 433 g/mol. The summed E-state index contributed by atoms with van der Waals surface area (Å²) in [5.74, 6) is 0. The van der Waals surface area contributed by atoms with Gasteiger partial charge in [-0.25, -0.2) is 4.98 Å². The Morgan fingerprint density at radius 1 is 0.643 bits per heavy atom. The van der Waals surface area contributed by atoms with E-state index in [0.29, 0.717) is 16.0 Å². The molecule has 0 aliphatic carbocycles. The molecule has 0 spiro atoms. The summed E-state index contributed by atoms with van der Waals surface area (Å²) < 4.78 is 77.1. The standard InChI is InChI=1S/C19H11ClF6NP/c20-16-2-1-3-17(27-16)28(14-8-4-12(5-9-14)18(21,22)23)15-10-6-13(7-11-15)19(24,25)26/h1-11H. The van der Waals surface area contributed by atoms with Gasteiger partial charge in [0, 0.05) is 7.92 Å². The van der Waals surface area contributed by atoms with Crippen molar-refractivity contribution < 1.29 is 26.3 Å². The highest BCUT2D eigenvalue weighted by atomic mass is 35.5. The Morgan fingerprint density at radius 3 is 1.43 bits per heavy atom. The summed E-state index contributed by atoms with van der Waals surface area (Å²) in [4.78, 5) is 4.22. The first-order chi connectivity index (χ1) is 13.1. The third-order valence-corrected chi connectivity index (χ3v) is 6.38. The SMILES string of the molecule is FC(F)(F)c1ccc(P(c2ccc(C(F)(F)F)cc2)c2cccc(Cl)n2)cc1. The van der Waals surface area contributed by atoms with Gasteiger partial charge in [0.25, 0.3) is 0 Å². The van der Waals surface area contributed by atoms with E-state index in [4.69, 9.17) is 11.6 Å². The predicted octanol–water partition coefficient (Wildman–Crippen LogP) is 5.53. The second-order valence-corrected chi connectivity index (χ2v) is 8.29. The lowest BCUT2D eigenvalue weighted by atomic mass is 10.2. The van der Waals surface area contributed by atoms with Crippen molar-refractivity contribution in [3.8, 4) is 0 Å². The Balaban J connectivity index is 2.08. The van der Waals surface area contributed by atoms with Crippen molar-refractivity contribution in [1.29, 1.82) is 0 Å². The van der Waals surface area contributed by atoms with Crippen LogP contribution in [0.25, 0.3) is 0 Å². The Hall–Kier alpha value is -2.11. The normalized spacial score (nSPS) is 12.4. The molecule has 0 amide bonds. The quantitative estimate of drug-likeness (QED) is 0.301. The van der Waals surface area contributed by atoms with Crippen LogP contribution in [-0.4, -0.2) is 4.98 Å². The largest absolute Gasteiger partial charge is 0.416 e. The van der Waals surface area contributed by atoms with E-state index in [0.717, 1.165) is 24.3 Å².